The van der Waals surface area contributed by atoms with Gasteiger partial charge >= 0.3 is 45.2 Å². The summed E-state index contributed by atoms with van der Waals surface area (Å²) in [6.45, 7) is -6.20. The lowest BCUT2D eigenvalue weighted by atomic mass is 10.1. The smallest absolute Gasteiger partial charge is 0.281 e. The van der Waals surface area contributed by atoms with Crippen LogP contribution in [0.15, 0.2) is 0 Å². The predicted molar refractivity (Wildman–Crippen MR) is 54.3 cm³/mol. The normalized spacial score (nSPS) is 15.3. The molecule has 0 aliphatic carbocycles. The summed E-state index contributed by atoms with van der Waals surface area (Å²) >= 11 is 0. The van der Waals surface area contributed by atoms with E-state index in [0.29, 0.717) is 0 Å². The average Bonchev–Trinajstić information content (AvgIpc) is 2.44. The van der Waals surface area contributed by atoms with E-state index in [1.165, 1.54) is 0 Å². The number of rotatable bonds is 6. The number of hydrogen-bond acceptors (Lipinski definition) is 2. The van der Waals surface area contributed by atoms with Gasteiger partial charge in [0.2, 0.25) is 0 Å². The van der Waals surface area contributed by atoms with Crippen molar-refractivity contribution in [1.82, 2.24) is 0 Å². The van der Waals surface area contributed by atoms with Gasteiger partial charge in [-0.2, -0.15) is 65.5 Å². The Morgan fingerprint density at radius 2 is 0.889 bits per heavy atom. The fourth-order valence-electron chi connectivity index (χ4n) is 0.758. The van der Waals surface area contributed by atoms with Gasteiger partial charge in [-0.3, -0.25) is 4.55 Å². The van der Waals surface area contributed by atoms with E-state index in [1.807, 2.05) is 0 Å². The highest BCUT2D eigenvalue weighted by Gasteiger charge is 2.81. The molecule has 0 aromatic heterocycles. The van der Waals surface area contributed by atoms with E-state index in [9.17, 15) is 74.3 Å². The molecule has 166 valence electrons. The van der Waals surface area contributed by atoms with Crippen LogP contribution in [0.5, 0.6) is 0 Å². The maximum absolute atomic E-state index is 12.0. The van der Waals surface area contributed by atoms with Crippen molar-refractivity contribution in [2.45, 2.75) is 35.1 Å². The van der Waals surface area contributed by atoms with Crippen LogP contribution in [0.2, 0.25) is 0 Å². The van der Waals surface area contributed by atoms with Gasteiger partial charge in [0.15, 0.2) is 13.3 Å². The molecule has 19 heteroatoms. The van der Waals surface area contributed by atoms with Crippen molar-refractivity contribution in [1.29, 1.82) is 0 Å². The molecular formula is C8H5F15O3S. The molecule has 27 heavy (non-hydrogen) atoms. The molecule has 0 aliphatic heterocycles. The molecule has 0 aromatic rings. The van der Waals surface area contributed by atoms with Crippen molar-refractivity contribution >= 4 is 10.1 Å². The molecule has 0 spiro atoms. The summed E-state index contributed by atoms with van der Waals surface area (Å²) in [7, 11) is -6.30. The van der Waals surface area contributed by atoms with Crippen LogP contribution >= 0.6 is 0 Å². The molecule has 0 fully saturated rings. The fraction of sp³-hybridized carbons (Fsp3) is 1.00. The third-order valence-corrected chi connectivity index (χ3v) is 3.24. The zero-order valence-corrected chi connectivity index (χ0v) is 12.6. The third-order valence-electron chi connectivity index (χ3n) is 2.30. The molecule has 0 saturated heterocycles. The van der Waals surface area contributed by atoms with Gasteiger partial charge in [0.05, 0.1) is 0 Å². The van der Waals surface area contributed by atoms with Gasteiger partial charge in [0.1, 0.15) is 0 Å². The molecule has 0 rings (SSSR count). The Bertz CT molecular complexity index is 593. The average molecular weight is 466 g/mol. The van der Waals surface area contributed by atoms with Crippen LogP contribution in [-0.2, 0) is 10.1 Å². The van der Waals surface area contributed by atoms with Crippen molar-refractivity contribution in [3.05, 3.63) is 0 Å². The molecule has 0 atom stereocenters. The van der Waals surface area contributed by atoms with Crippen molar-refractivity contribution < 1.29 is 78.8 Å². The van der Waals surface area contributed by atoms with Crippen molar-refractivity contribution in [3.63, 3.8) is 0 Å². The van der Waals surface area contributed by atoms with Crippen LogP contribution in [0.3, 0.4) is 0 Å². The molecule has 0 aliphatic rings. The Kier molecular flexibility index (Phi) is 8.01. The summed E-state index contributed by atoms with van der Waals surface area (Å²) in [5.74, 6) is -25.4. The van der Waals surface area contributed by atoms with Gasteiger partial charge in [-0.25, -0.2) is 8.78 Å². The quantitative estimate of drug-likeness (QED) is 0.464. The van der Waals surface area contributed by atoms with Gasteiger partial charge in [-0.1, -0.05) is 0 Å². The van der Waals surface area contributed by atoms with Crippen molar-refractivity contribution in [3.8, 4) is 0 Å². The number of halogens is 15. The molecule has 1 N–H and O–H groups in total. The summed E-state index contributed by atoms with van der Waals surface area (Å²) in [5.41, 5.74) is 0. The van der Waals surface area contributed by atoms with Gasteiger partial charge in [0.25, 0.3) is 0 Å². The molecule has 0 heterocycles. The maximum atomic E-state index is 12.0. The van der Waals surface area contributed by atoms with Crippen LogP contribution in [0.4, 0.5) is 65.9 Å². The second-order valence-electron chi connectivity index (χ2n) is 4.31. The first-order valence-corrected chi connectivity index (χ1v) is 6.86. The molecule has 0 amide bonds. The minimum atomic E-state index is -7.00. The van der Waals surface area contributed by atoms with E-state index in [0.717, 1.165) is 0 Å². The lowest BCUT2D eigenvalue weighted by molar-refractivity contribution is -0.397. The molecule has 0 bridgehead atoms. The van der Waals surface area contributed by atoms with Crippen LogP contribution in [0.25, 0.3) is 0 Å². The summed E-state index contributed by atoms with van der Waals surface area (Å²) in [4.78, 5) is 0. The standard InChI is InChI=1S/C5H2F10.C3H3F5O3S/c6-1-2(7,8)3(9,10)4(11,12)5(13,14)15;4-1-2(5,6)3(7,8)12(9,10)11/h1H2;1H2,(H,9,10,11). The first-order chi connectivity index (χ1) is 11.4. The van der Waals surface area contributed by atoms with E-state index in [1.54, 1.807) is 0 Å². The zero-order chi connectivity index (χ0) is 22.9. The van der Waals surface area contributed by atoms with Gasteiger partial charge < -0.3 is 0 Å². The minimum absolute atomic E-state index is 2.88. The summed E-state index contributed by atoms with van der Waals surface area (Å²) < 4.78 is 202. The second-order valence-corrected chi connectivity index (χ2v) is 5.78. The molecule has 0 saturated carbocycles. The monoisotopic (exact) mass is 466 g/mol. The third kappa shape index (κ3) is 5.23. The summed E-state index contributed by atoms with van der Waals surface area (Å²) in [6.07, 6.45) is -6.89. The van der Waals surface area contributed by atoms with E-state index >= 15 is 0 Å². The molecule has 0 radical (unpaired) electrons. The SMILES string of the molecule is FCC(F)(F)C(F)(F)C(F)(F)C(F)(F)F.O=S(=O)(O)C(F)(F)C(F)(F)CF. The number of hydrogen-bond donors (Lipinski definition) is 1. The number of alkyl halides is 15. The van der Waals surface area contributed by atoms with Crippen molar-refractivity contribution in [2.75, 3.05) is 13.3 Å². The maximum Gasteiger partial charge on any atom is 0.460 e. The van der Waals surface area contributed by atoms with Gasteiger partial charge in [0, 0.05) is 0 Å². The summed E-state index contributed by atoms with van der Waals surface area (Å²) in [6, 6.07) is 0. The van der Waals surface area contributed by atoms with Crippen LogP contribution < -0.4 is 0 Å². The fourth-order valence-corrected chi connectivity index (χ4v) is 1.19. The molecular weight excluding hydrogens is 461 g/mol. The van der Waals surface area contributed by atoms with E-state index < -0.39 is 58.6 Å². The Balaban J connectivity index is 0. The minimum Gasteiger partial charge on any atom is -0.281 e. The predicted octanol–water partition coefficient (Wildman–Crippen LogP) is 4.50. The molecule has 0 aromatic carbocycles. The highest BCUT2D eigenvalue weighted by molar-refractivity contribution is 7.87. The summed E-state index contributed by atoms with van der Waals surface area (Å²) in [5, 5.41) is -5.80. The highest BCUT2D eigenvalue weighted by atomic mass is 32.2. The largest absolute Gasteiger partial charge is 0.460 e. The van der Waals surface area contributed by atoms with Crippen molar-refractivity contribution in [2.24, 2.45) is 0 Å². The van der Waals surface area contributed by atoms with E-state index in [2.05, 4.69) is 0 Å². The Labute approximate surface area is 138 Å². The van der Waals surface area contributed by atoms with Crippen LogP contribution in [0, 0.1) is 0 Å². The van der Waals surface area contributed by atoms with Gasteiger partial charge in [-0.05, 0) is 0 Å². The first-order valence-electron chi connectivity index (χ1n) is 5.42. The zero-order valence-electron chi connectivity index (χ0n) is 11.8. The van der Waals surface area contributed by atoms with Gasteiger partial charge in [-0.15, -0.1) is 0 Å². The second kappa shape index (κ2) is 7.70. The lowest BCUT2D eigenvalue weighted by Gasteiger charge is -2.32. The topological polar surface area (TPSA) is 54.4 Å². The molecule has 3 nitrogen and oxygen atoms in total. The highest BCUT2D eigenvalue weighted by Crippen LogP contribution is 2.53. The Morgan fingerprint density at radius 3 is 1.04 bits per heavy atom. The Morgan fingerprint density at radius 1 is 0.593 bits per heavy atom. The first kappa shape index (κ1) is 28.1. The van der Waals surface area contributed by atoms with Crippen LogP contribution in [-0.4, -0.2) is 61.4 Å². The lowest BCUT2D eigenvalue weighted by Crippen LogP contribution is -2.61. The molecule has 0 unspecified atom stereocenters. The Hall–Kier alpha value is -1.14. The van der Waals surface area contributed by atoms with Crippen LogP contribution in [0.1, 0.15) is 0 Å². The van der Waals surface area contributed by atoms with E-state index in [-0.39, 0.29) is 0 Å². The van der Waals surface area contributed by atoms with E-state index in [4.69, 9.17) is 4.55 Å².